The number of nitrogens with zero attached hydrogens (tertiary/aromatic N) is 1. The number of amides is 1. The summed E-state index contributed by atoms with van der Waals surface area (Å²) in [6.45, 7) is 5.45. The minimum absolute atomic E-state index is 0.0126. The van der Waals surface area contributed by atoms with Gasteiger partial charge in [0.05, 0.1) is 17.9 Å². The Kier molecular flexibility index (Phi) is 5.99. The lowest BCUT2D eigenvalue weighted by Crippen LogP contribution is -2.31. The molecule has 0 saturated carbocycles. The fourth-order valence-electron chi connectivity index (χ4n) is 3.75. The number of hydrogen-bond donors (Lipinski definition) is 1. The average Bonchev–Trinajstić information content (AvgIpc) is 3.38. The summed E-state index contributed by atoms with van der Waals surface area (Å²) in [5.74, 6) is -0.259. The number of rotatable bonds is 7. The molecule has 4 rings (SSSR count). The zero-order valence-corrected chi connectivity index (χ0v) is 17.5. The summed E-state index contributed by atoms with van der Waals surface area (Å²) in [6.07, 6.45) is 2.10. The van der Waals surface area contributed by atoms with E-state index in [1.54, 1.807) is 30.3 Å². The lowest BCUT2D eigenvalue weighted by Gasteiger charge is -2.23. The Bertz CT molecular complexity index is 993. The van der Waals surface area contributed by atoms with E-state index in [2.05, 4.69) is 0 Å². The molecule has 31 heavy (non-hydrogen) atoms. The van der Waals surface area contributed by atoms with Gasteiger partial charge in [-0.05, 0) is 50.6 Å². The van der Waals surface area contributed by atoms with Gasteiger partial charge in [-0.1, -0.05) is 0 Å². The number of aliphatic hydroxyl groups excluding tert-OH is 1. The molecule has 1 atom stereocenters. The second kappa shape index (κ2) is 8.85. The van der Waals surface area contributed by atoms with E-state index in [-0.39, 0.29) is 17.4 Å². The molecule has 1 fully saturated rings. The lowest BCUT2D eigenvalue weighted by atomic mass is 9.99. The van der Waals surface area contributed by atoms with Crippen LogP contribution in [0.3, 0.4) is 0 Å². The van der Waals surface area contributed by atoms with Gasteiger partial charge < -0.3 is 28.6 Å². The molecule has 1 unspecified atom stereocenters. The maximum atomic E-state index is 12.9. The van der Waals surface area contributed by atoms with Crippen LogP contribution < -0.4 is 9.47 Å². The highest BCUT2D eigenvalue weighted by Gasteiger charge is 2.47. The average molecular weight is 427 g/mol. The smallest absolute Gasteiger partial charge is 0.295 e. The summed E-state index contributed by atoms with van der Waals surface area (Å²) in [5, 5.41) is 11.1. The topological polar surface area (TPSA) is 98.4 Å². The predicted molar refractivity (Wildman–Crippen MR) is 111 cm³/mol. The molecule has 164 valence electrons. The molecule has 1 amide bonds. The Labute approximate surface area is 180 Å². The van der Waals surface area contributed by atoms with Crippen molar-refractivity contribution in [1.29, 1.82) is 0 Å². The van der Waals surface area contributed by atoms with Gasteiger partial charge in [-0.3, -0.25) is 9.59 Å². The van der Waals surface area contributed by atoms with E-state index < -0.39 is 17.7 Å². The van der Waals surface area contributed by atoms with Crippen LogP contribution in [0.15, 0.2) is 46.6 Å². The number of ether oxygens (including phenoxy) is 3. The van der Waals surface area contributed by atoms with Crippen molar-refractivity contribution in [2.24, 2.45) is 0 Å². The Morgan fingerprint density at radius 3 is 2.68 bits per heavy atom. The molecule has 8 nitrogen and oxygen atoms in total. The van der Waals surface area contributed by atoms with Gasteiger partial charge in [-0.25, -0.2) is 0 Å². The SMILES string of the molecule is CC(C)OCCCN1C(=O)C(=O)/C(=C(\O)c2ccc3c(c2)OCCO3)C1c1ccco1. The van der Waals surface area contributed by atoms with Crippen LogP contribution in [0.4, 0.5) is 0 Å². The van der Waals surface area contributed by atoms with Crippen molar-refractivity contribution in [3.63, 3.8) is 0 Å². The number of aliphatic hydroxyl groups is 1. The maximum Gasteiger partial charge on any atom is 0.295 e. The fourth-order valence-corrected chi connectivity index (χ4v) is 3.75. The minimum Gasteiger partial charge on any atom is -0.507 e. The van der Waals surface area contributed by atoms with Gasteiger partial charge in [-0.2, -0.15) is 0 Å². The van der Waals surface area contributed by atoms with E-state index in [0.29, 0.717) is 55.6 Å². The van der Waals surface area contributed by atoms with Crippen LogP contribution >= 0.6 is 0 Å². The number of furan rings is 1. The Balaban J connectivity index is 1.69. The monoisotopic (exact) mass is 427 g/mol. The first kappa shape index (κ1) is 21.0. The second-order valence-electron chi connectivity index (χ2n) is 7.64. The molecule has 1 aromatic carbocycles. The van der Waals surface area contributed by atoms with Crippen LogP contribution in [0.1, 0.15) is 37.6 Å². The van der Waals surface area contributed by atoms with Crippen LogP contribution in [0.5, 0.6) is 11.5 Å². The quantitative estimate of drug-likeness (QED) is 0.313. The second-order valence-corrected chi connectivity index (χ2v) is 7.64. The summed E-state index contributed by atoms with van der Waals surface area (Å²) in [6, 6.07) is 7.46. The number of fused-ring (bicyclic) bond motifs is 1. The molecule has 0 spiro atoms. The molecule has 2 aliphatic rings. The summed E-state index contributed by atoms with van der Waals surface area (Å²) in [7, 11) is 0. The van der Waals surface area contributed by atoms with E-state index in [1.165, 1.54) is 11.2 Å². The molecule has 2 aromatic rings. The first-order valence-electron chi connectivity index (χ1n) is 10.3. The number of carbonyl (C=O) groups is 2. The van der Waals surface area contributed by atoms with Crippen molar-refractivity contribution >= 4 is 17.4 Å². The van der Waals surface area contributed by atoms with E-state index in [1.807, 2.05) is 13.8 Å². The van der Waals surface area contributed by atoms with Gasteiger partial charge in [0.2, 0.25) is 0 Å². The van der Waals surface area contributed by atoms with E-state index in [4.69, 9.17) is 18.6 Å². The summed E-state index contributed by atoms with van der Waals surface area (Å²) < 4.78 is 22.2. The number of Topliss-reactive ketones (excluding diaryl/α,β-unsaturated/α-hetero) is 1. The first-order valence-corrected chi connectivity index (χ1v) is 10.3. The van der Waals surface area contributed by atoms with Gasteiger partial charge in [0, 0.05) is 18.7 Å². The van der Waals surface area contributed by atoms with Gasteiger partial charge >= 0.3 is 0 Å². The summed E-state index contributed by atoms with van der Waals surface area (Å²) >= 11 is 0. The molecule has 0 aliphatic carbocycles. The highest BCUT2D eigenvalue weighted by Crippen LogP contribution is 2.41. The maximum absolute atomic E-state index is 12.9. The van der Waals surface area contributed by atoms with Crippen molar-refractivity contribution in [1.82, 2.24) is 4.90 Å². The number of hydrogen-bond acceptors (Lipinski definition) is 7. The van der Waals surface area contributed by atoms with Gasteiger partial charge in [-0.15, -0.1) is 0 Å². The van der Waals surface area contributed by atoms with Crippen LogP contribution in [0, 0.1) is 0 Å². The summed E-state index contributed by atoms with van der Waals surface area (Å²) in [4.78, 5) is 27.2. The summed E-state index contributed by atoms with van der Waals surface area (Å²) in [5.41, 5.74) is 0.350. The predicted octanol–water partition coefficient (Wildman–Crippen LogP) is 3.29. The largest absolute Gasteiger partial charge is 0.507 e. The van der Waals surface area contributed by atoms with Crippen molar-refractivity contribution in [3.05, 3.63) is 53.5 Å². The molecule has 1 N–H and O–H groups in total. The molecular formula is C23H25NO7. The Morgan fingerprint density at radius 2 is 1.97 bits per heavy atom. The third-order valence-corrected chi connectivity index (χ3v) is 5.16. The number of carbonyl (C=O) groups excluding carboxylic acids is 2. The van der Waals surface area contributed by atoms with Crippen LogP contribution in [-0.4, -0.2) is 54.2 Å². The molecule has 2 aliphatic heterocycles. The van der Waals surface area contributed by atoms with Gasteiger partial charge in [0.1, 0.15) is 30.8 Å². The highest BCUT2D eigenvalue weighted by atomic mass is 16.6. The van der Waals surface area contributed by atoms with E-state index in [0.717, 1.165) is 0 Å². The molecule has 0 bridgehead atoms. The van der Waals surface area contributed by atoms with Gasteiger partial charge in [0.15, 0.2) is 11.5 Å². The van der Waals surface area contributed by atoms with Crippen LogP contribution in [-0.2, 0) is 14.3 Å². The third kappa shape index (κ3) is 4.16. The van der Waals surface area contributed by atoms with E-state index in [9.17, 15) is 14.7 Å². The van der Waals surface area contributed by atoms with Crippen LogP contribution in [0.25, 0.3) is 5.76 Å². The third-order valence-electron chi connectivity index (χ3n) is 5.16. The fraction of sp³-hybridized carbons (Fsp3) is 0.391. The molecule has 0 radical (unpaired) electrons. The number of likely N-dealkylation sites (tertiary alicyclic amines) is 1. The number of ketones is 1. The number of benzene rings is 1. The minimum atomic E-state index is -0.817. The van der Waals surface area contributed by atoms with Gasteiger partial charge in [0.25, 0.3) is 11.7 Å². The zero-order chi connectivity index (χ0) is 22.0. The van der Waals surface area contributed by atoms with Crippen molar-refractivity contribution in [2.75, 3.05) is 26.4 Å². The zero-order valence-electron chi connectivity index (χ0n) is 17.5. The van der Waals surface area contributed by atoms with Crippen molar-refractivity contribution in [3.8, 4) is 11.5 Å². The molecule has 3 heterocycles. The highest BCUT2D eigenvalue weighted by molar-refractivity contribution is 6.46. The molecule has 1 saturated heterocycles. The molecule has 1 aromatic heterocycles. The van der Waals surface area contributed by atoms with Crippen molar-refractivity contribution < 1.29 is 33.3 Å². The van der Waals surface area contributed by atoms with Crippen molar-refractivity contribution in [2.45, 2.75) is 32.4 Å². The first-order chi connectivity index (χ1) is 15.0. The lowest BCUT2D eigenvalue weighted by molar-refractivity contribution is -0.140. The van der Waals surface area contributed by atoms with E-state index >= 15 is 0 Å². The van der Waals surface area contributed by atoms with Crippen LogP contribution in [0.2, 0.25) is 0 Å². The Hall–Kier alpha value is -3.26. The molecular weight excluding hydrogens is 402 g/mol. The standard InChI is InChI=1S/C23H25NO7/c1-14(2)28-10-4-8-24-20(17-5-3-9-29-17)19(22(26)23(24)27)21(25)15-6-7-16-18(13-15)31-12-11-30-16/h3,5-7,9,13-14,20,25H,4,8,10-12H2,1-2H3/b21-19-. The molecule has 8 heteroatoms. The Morgan fingerprint density at radius 1 is 1.19 bits per heavy atom. The normalized spacial score (nSPS) is 20.0.